The van der Waals surface area contributed by atoms with Crippen molar-refractivity contribution in [2.24, 2.45) is 5.73 Å². The van der Waals surface area contributed by atoms with Crippen molar-refractivity contribution in [3.8, 4) is 11.5 Å². The second-order valence-corrected chi connectivity index (χ2v) is 8.29. The van der Waals surface area contributed by atoms with Gasteiger partial charge in [-0.1, -0.05) is 12.1 Å². The van der Waals surface area contributed by atoms with Gasteiger partial charge in [-0.15, -0.1) is 0 Å². The topological polar surface area (TPSA) is 108 Å². The minimum Gasteiger partial charge on any atom is -0.490 e. The van der Waals surface area contributed by atoms with E-state index in [-0.39, 0.29) is 23.0 Å². The maximum absolute atomic E-state index is 12.6. The van der Waals surface area contributed by atoms with Crippen molar-refractivity contribution in [3.05, 3.63) is 48.0 Å². The van der Waals surface area contributed by atoms with Gasteiger partial charge < -0.3 is 20.5 Å². The summed E-state index contributed by atoms with van der Waals surface area (Å²) in [5, 5.41) is 2.69. The number of hydrogen-bond acceptors (Lipinski definition) is 6. The molecule has 0 saturated heterocycles. The molecule has 0 fully saturated rings. The molecule has 1 aliphatic heterocycles. The van der Waals surface area contributed by atoms with Crippen LogP contribution in [-0.2, 0) is 21.2 Å². The van der Waals surface area contributed by atoms with Crippen LogP contribution in [0.15, 0.2) is 47.4 Å². The van der Waals surface area contributed by atoms with Crippen LogP contribution < -0.4 is 20.5 Å². The fourth-order valence-electron chi connectivity index (χ4n) is 2.63. The SMILES string of the molecule is NCc1ccc(NC(=O)CCS(=O)(=O)c2ccc3c(c2)OCCCO3)cc1. The van der Waals surface area contributed by atoms with Crippen molar-refractivity contribution in [2.45, 2.75) is 24.3 Å². The lowest BCUT2D eigenvalue weighted by Crippen LogP contribution is -2.17. The van der Waals surface area contributed by atoms with Gasteiger partial charge in [-0.2, -0.15) is 0 Å². The van der Waals surface area contributed by atoms with Gasteiger partial charge in [0.05, 0.1) is 23.9 Å². The van der Waals surface area contributed by atoms with E-state index in [0.29, 0.717) is 36.9 Å². The molecule has 2 aromatic rings. The van der Waals surface area contributed by atoms with Gasteiger partial charge in [-0.05, 0) is 29.8 Å². The molecule has 2 aromatic carbocycles. The zero-order valence-corrected chi connectivity index (χ0v) is 15.6. The van der Waals surface area contributed by atoms with Gasteiger partial charge in [0.25, 0.3) is 0 Å². The highest BCUT2D eigenvalue weighted by Gasteiger charge is 2.20. The molecule has 1 heterocycles. The van der Waals surface area contributed by atoms with Gasteiger partial charge in [0.15, 0.2) is 21.3 Å². The number of carbonyl (C=O) groups excluding carboxylic acids is 1. The molecule has 0 unspecified atom stereocenters. The molecule has 0 atom stereocenters. The fourth-order valence-corrected chi connectivity index (χ4v) is 3.88. The largest absolute Gasteiger partial charge is 0.490 e. The third-order valence-electron chi connectivity index (χ3n) is 4.15. The number of nitrogens with one attached hydrogen (secondary N) is 1. The molecule has 0 saturated carbocycles. The van der Waals surface area contributed by atoms with Gasteiger partial charge in [-0.25, -0.2) is 8.42 Å². The highest BCUT2D eigenvalue weighted by atomic mass is 32.2. The molecule has 0 bridgehead atoms. The molecule has 0 aromatic heterocycles. The van der Waals surface area contributed by atoms with Gasteiger partial charge in [0.2, 0.25) is 5.91 Å². The Bertz CT molecular complexity index is 910. The van der Waals surface area contributed by atoms with Crippen LogP contribution in [0.4, 0.5) is 5.69 Å². The first kappa shape index (κ1) is 19.2. The number of ether oxygens (including phenoxy) is 2. The number of rotatable bonds is 6. The predicted molar refractivity (Wildman–Crippen MR) is 102 cm³/mol. The van der Waals surface area contributed by atoms with E-state index >= 15 is 0 Å². The van der Waals surface area contributed by atoms with E-state index in [1.807, 2.05) is 12.1 Å². The standard InChI is InChI=1S/C19H22N2O5S/c20-13-14-2-4-15(5-3-14)21-19(22)8-11-27(23,24)16-6-7-17-18(12-16)26-10-1-9-25-17/h2-7,12H,1,8-11,13,20H2,(H,21,22). The maximum Gasteiger partial charge on any atom is 0.225 e. The van der Waals surface area contributed by atoms with Crippen molar-refractivity contribution in [1.29, 1.82) is 0 Å². The van der Waals surface area contributed by atoms with E-state index in [2.05, 4.69) is 5.32 Å². The van der Waals surface area contributed by atoms with E-state index in [4.69, 9.17) is 15.2 Å². The number of amides is 1. The lowest BCUT2D eigenvalue weighted by Gasteiger charge is -2.10. The van der Waals surface area contributed by atoms with Crippen LogP contribution in [0.2, 0.25) is 0 Å². The minimum absolute atomic E-state index is 0.117. The van der Waals surface area contributed by atoms with Crippen molar-refractivity contribution in [1.82, 2.24) is 0 Å². The fraction of sp³-hybridized carbons (Fsp3) is 0.316. The van der Waals surface area contributed by atoms with E-state index in [0.717, 1.165) is 12.0 Å². The summed E-state index contributed by atoms with van der Waals surface area (Å²) < 4.78 is 36.1. The van der Waals surface area contributed by atoms with E-state index in [9.17, 15) is 13.2 Å². The van der Waals surface area contributed by atoms with Crippen molar-refractivity contribution < 1.29 is 22.7 Å². The van der Waals surface area contributed by atoms with Gasteiger partial charge in [-0.3, -0.25) is 4.79 Å². The van der Waals surface area contributed by atoms with E-state index in [1.165, 1.54) is 12.1 Å². The van der Waals surface area contributed by atoms with Gasteiger partial charge in [0, 0.05) is 31.1 Å². The zero-order chi connectivity index (χ0) is 19.3. The lowest BCUT2D eigenvalue weighted by molar-refractivity contribution is -0.115. The molecule has 27 heavy (non-hydrogen) atoms. The van der Waals surface area contributed by atoms with Crippen molar-refractivity contribution >= 4 is 21.4 Å². The Labute approximate surface area is 158 Å². The summed E-state index contributed by atoms with van der Waals surface area (Å²) in [4.78, 5) is 12.2. The number of benzene rings is 2. The summed E-state index contributed by atoms with van der Waals surface area (Å²) in [5.74, 6) is 0.288. The highest BCUT2D eigenvalue weighted by molar-refractivity contribution is 7.91. The quantitative estimate of drug-likeness (QED) is 0.782. The van der Waals surface area contributed by atoms with Crippen LogP contribution in [0.3, 0.4) is 0 Å². The first-order valence-electron chi connectivity index (χ1n) is 8.69. The Hall–Kier alpha value is -2.58. The first-order chi connectivity index (χ1) is 13.0. The highest BCUT2D eigenvalue weighted by Crippen LogP contribution is 2.32. The Morgan fingerprint density at radius 1 is 1.04 bits per heavy atom. The second-order valence-electron chi connectivity index (χ2n) is 6.18. The summed E-state index contributed by atoms with van der Waals surface area (Å²) in [6.45, 7) is 1.43. The van der Waals surface area contributed by atoms with Gasteiger partial charge >= 0.3 is 0 Å². The van der Waals surface area contributed by atoms with Crippen molar-refractivity contribution in [3.63, 3.8) is 0 Å². The molecule has 0 aliphatic carbocycles. The van der Waals surface area contributed by atoms with Crippen molar-refractivity contribution in [2.75, 3.05) is 24.3 Å². The molecule has 1 amide bonds. The number of fused-ring (bicyclic) bond motifs is 1. The monoisotopic (exact) mass is 390 g/mol. The molecule has 8 heteroatoms. The first-order valence-corrected chi connectivity index (χ1v) is 10.3. The average Bonchev–Trinajstić information content (AvgIpc) is 2.92. The molecular formula is C19H22N2O5S. The smallest absolute Gasteiger partial charge is 0.225 e. The normalized spacial score (nSPS) is 13.7. The lowest BCUT2D eigenvalue weighted by atomic mass is 10.2. The zero-order valence-electron chi connectivity index (χ0n) is 14.8. The molecule has 3 N–H and O–H groups in total. The summed E-state index contributed by atoms with van der Waals surface area (Å²) in [6.07, 6.45) is 0.596. The average molecular weight is 390 g/mol. The number of anilines is 1. The van der Waals surface area contributed by atoms with E-state index < -0.39 is 9.84 Å². The molecule has 144 valence electrons. The minimum atomic E-state index is -3.62. The van der Waals surface area contributed by atoms with Crippen LogP contribution in [0.25, 0.3) is 0 Å². The Morgan fingerprint density at radius 2 is 1.74 bits per heavy atom. The Kier molecular flexibility index (Phi) is 5.98. The maximum atomic E-state index is 12.6. The third-order valence-corrected chi connectivity index (χ3v) is 5.86. The third kappa shape index (κ3) is 4.99. The summed E-state index contributed by atoms with van der Waals surface area (Å²) >= 11 is 0. The van der Waals surface area contributed by atoms with Crippen LogP contribution in [0.1, 0.15) is 18.4 Å². The number of sulfone groups is 1. The molecule has 1 aliphatic rings. The Balaban J connectivity index is 1.62. The number of carbonyl (C=O) groups is 1. The molecule has 0 spiro atoms. The van der Waals surface area contributed by atoms with Crippen LogP contribution >= 0.6 is 0 Å². The van der Waals surface area contributed by atoms with Crippen LogP contribution in [0, 0.1) is 0 Å². The molecule has 7 nitrogen and oxygen atoms in total. The van der Waals surface area contributed by atoms with Crippen LogP contribution in [0.5, 0.6) is 11.5 Å². The molecule has 0 radical (unpaired) electrons. The molecular weight excluding hydrogens is 368 g/mol. The number of nitrogens with two attached hydrogens (primary N) is 1. The summed E-state index contributed by atoms with van der Waals surface area (Å²) in [7, 11) is -3.62. The van der Waals surface area contributed by atoms with E-state index in [1.54, 1.807) is 18.2 Å². The molecule has 3 rings (SSSR count). The summed E-state index contributed by atoms with van der Waals surface area (Å²) in [6, 6.07) is 11.6. The number of hydrogen-bond donors (Lipinski definition) is 2. The van der Waals surface area contributed by atoms with Crippen LogP contribution in [-0.4, -0.2) is 33.3 Å². The van der Waals surface area contributed by atoms with Gasteiger partial charge in [0.1, 0.15) is 0 Å². The predicted octanol–water partition coefficient (Wildman–Crippen LogP) is 2.11. The second kappa shape index (κ2) is 8.41. The summed E-state index contributed by atoms with van der Waals surface area (Å²) in [5.41, 5.74) is 7.08. The Morgan fingerprint density at radius 3 is 2.44 bits per heavy atom.